The molecule has 1 heterocycles. The van der Waals surface area contributed by atoms with Crippen LogP contribution >= 0.6 is 0 Å². The maximum absolute atomic E-state index is 12.0. The Hall–Kier alpha value is -2.21. The summed E-state index contributed by atoms with van der Waals surface area (Å²) in [6.45, 7) is 2.53. The Morgan fingerprint density at radius 3 is 2.35 bits per heavy atom. The first kappa shape index (κ1) is 14.2. The smallest absolute Gasteiger partial charge is 0.307 e. The van der Waals surface area contributed by atoms with E-state index >= 15 is 0 Å². The maximum Gasteiger partial charge on any atom is 0.307 e. The molecule has 0 aromatic heterocycles. The van der Waals surface area contributed by atoms with Gasteiger partial charge >= 0.3 is 5.97 Å². The van der Waals surface area contributed by atoms with Gasteiger partial charge in [0.1, 0.15) is 0 Å². The quantitative estimate of drug-likeness (QED) is 0.472. The predicted molar refractivity (Wildman–Crippen MR) is 71.1 cm³/mol. The topological polar surface area (TPSA) is 75.7 Å². The van der Waals surface area contributed by atoms with E-state index in [1.165, 1.54) is 0 Å². The van der Waals surface area contributed by atoms with E-state index in [2.05, 4.69) is 5.32 Å². The molecule has 1 aliphatic rings. The Balaban J connectivity index is 1.85. The summed E-state index contributed by atoms with van der Waals surface area (Å²) in [6.07, 6.45) is 0.205. The zero-order chi connectivity index (χ0) is 14.5. The van der Waals surface area contributed by atoms with E-state index in [0.717, 1.165) is 4.90 Å². The molecule has 0 aliphatic carbocycles. The van der Waals surface area contributed by atoms with Crippen LogP contribution in [0.1, 0.15) is 34.1 Å². The molecule has 0 radical (unpaired) electrons. The Morgan fingerprint density at radius 1 is 1.20 bits per heavy atom. The monoisotopic (exact) mass is 276 g/mol. The lowest BCUT2D eigenvalue weighted by Gasteiger charge is -2.14. The van der Waals surface area contributed by atoms with Crippen molar-refractivity contribution in [2.24, 2.45) is 0 Å². The summed E-state index contributed by atoms with van der Waals surface area (Å²) < 4.78 is 4.78. The second-order valence-electron chi connectivity index (χ2n) is 4.30. The van der Waals surface area contributed by atoms with Crippen LogP contribution in [0.15, 0.2) is 24.3 Å². The van der Waals surface area contributed by atoms with E-state index in [0.29, 0.717) is 24.3 Å². The minimum Gasteiger partial charge on any atom is -0.466 e. The molecule has 0 spiro atoms. The first-order chi connectivity index (χ1) is 9.65. The van der Waals surface area contributed by atoms with Crippen molar-refractivity contribution in [2.45, 2.75) is 13.3 Å². The first-order valence-corrected chi connectivity index (χ1v) is 6.46. The van der Waals surface area contributed by atoms with Crippen molar-refractivity contribution in [2.75, 3.05) is 19.8 Å². The first-order valence-electron chi connectivity index (χ1n) is 6.46. The van der Waals surface area contributed by atoms with Gasteiger partial charge in [0.2, 0.25) is 0 Å². The van der Waals surface area contributed by atoms with E-state index in [1.807, 2.05) is 0 Å². The fourth-order valence-electron chi connectivity index (χ4n) is 2.00. The van der Waals surface area contributed by atoms with Crippen molar-refractivity contribution < 1.29 is 19.1 Å². The number of rotatable bonds is 6. The number of carbonyl (C=O) groups excluding carboxylic acids is 3. The van der Waals surface area contributed by atoms with Crippen LogP contribution in [-0.4, -0.2) is 42.5 Å². The average Bonchev–Trinajstić information content (AvgIpc) is 2.69. The van der Waals surface area contributed by atoms with Crippen molar-refractivity contribution in [3.05, 3.63) is 35.4 Å². The number of hydrogen-bond donors (Lipinski definition) is 1. The molecule has 6 nitrogen and oxygen atoms in total. The van der Waals surface area contributed by atoms with E-state index < -0.39 is 0 Å². The van der Waals surface area contributed by atoms with Crippen LogP contribution in [0.5, 0.6) is 0 Å². The van der Waals surface area contributed by atoms with Crippen molar-refractivity contribution in [3.8, 4) is 0 Å². The van der Waals surface area contributed by atoms with Crippen LogP contribution in [0, 0.1) is 0 Å². The number of nitrogens with one attached hydrogen (secondary N) is 1. The van der Waals surface area contributed by atoms with Crippen molar-refractivity contribution in [3.63, 3.8) is 0 Å². The van der Waals surface area contributed by atoms with E-state index in [9.17, 15) is 14.4 Å². The van der Waals surface area contributed by atoms with Gasteiger partial charge in [-0.05, 0) is 19.1 Å². The number of benzene rings is 1. The van der Waals surface area contributed by atoms with E-state index in [4.69, 9.17) is 4.74 Å². The summed E-state index contributed by atoms with van der Waals surface area (Å²) in [5.41, 5.74) is 0.842. The zero-order valence-electron chi connectivity index (χ0n) is 11.2. The third-order valence-corrected chi connectivity index (χ3v) is 2.96. The van der Waals surface area contributed by atoms with Gasteiger partial charge in [0.05, 0.1) is 30.8 Å². The fourth-order valence-corrected chi connectivity index (χ4v) is 2.00. The molecule has 6 heteroatoms. The Labute approximate surface area is 116 Å². The molecular formula is C14H16N2O4. The molecule has 106 valence electrons. The summed E-state index contributed by atoms with van der Waals surface area (Å²) in [5.74, 6) is -0.925. The average molecular weight is 276 g/mol. The molecule has 20 heavy (non-hydrogen) atoms. The minimum absolute atomic E-state index is 0.0890. The van der Waals surface area contributed by atoms with Gasteiger partial charge in [0.25, 0.3) is 11.8 Å². The highest BCUT2D eigenvalue weighted by Gasteiger charge is 2.34. The van der Waals surface area contributed by atoms with Crippen LogP contribution in [0.2, 0.25) is 0 Å². The Bertz CT molecular complexity index is 507. The lowest BCUT2D eigenvalue weighted by Crippen LogP contribution is -2.39. The molecule has 0 unspecified atom stereocenters. The van der Waals surface area contributed by atoms with Gasteiger partial charge in [-0.25, -0.2) is 0 Å². The van der Waals surface area contributed by atoms with Crippen molar-refractivity contribution >= 4 is 17.8 Å². The molecule has 0 bridgehead atoms. The van der Waals surface area contributed by atoms with Crippen LogP contribution in [0.25, 0.3) is 0 Å². The molecule has 2 amide bonds. The molecule has 0 fully saturated rings. The van der Waals surface area contributed by atoms with Crippen LogP contribution in [-0.2, 0) is 9.53 Å². The van der Waals surface area contributed by atoms with Gasteiger partial charge in [0, 0.05) is 6.54 Å². The highest BCUT2D eigenvalue weighted by atomic mass is 16.5. The second-order valence-corrected chi connectivity index (χ2v) is 4.30. The minimum atomic E-state index is -0.311. The molecular weight excluding hydrogens is 260 g/mol. The number of nitrogens with zero attached hydrogens (tertiary/aromatic N) is 1. The number of fused-ring (bicyclic) bond motifs is 1. The highest BCUT2D eigenvalue weighted by Crippen LogP contribution is 2.21. The summed E-state index contributed by atoms with van der Waals surface area (Å²) in [5, 5.41) is 2.90. The summed E-state index contributed by atoms with van der Waals surface area (Å²) >= 11 is 0. The second kappa shape index (κ2) is 6.29. The van der Waals surface area contributed by atoms with Gasteiger partial charge in [-0.15, -0.1) is 0 Å². The summed E-state index contributed by atoms with van der Waals surface area (Å²) in [6, 6.07) is 6.71. The Kier molecular flexibility index (Phi) is 4.47. The lowest BCUT2D eigenvalue weighted by molar-refractivity contribution is -0.142. The zero-order valence-corrected chi connectivity index (χ0v) is 11.2. The third kappa shape index (κ3) is 2.85. The Morgan fingerprint density at radius 2 is 1.80 bits per heavy atom. The van der Waals surface area contributed by atoms with Crippen LogP contribution in [0.4, 0.5) is 0 Å². The standard InChI is InChI=1S/C14H16N2O4/c1-2-20-12(17)7-8-15-9-16-13(18)10-5-3-4-6-11(10)14(16)19/h3-6,15H,2,7-9H2,1H3. The number of imide groups is 1. The third-order valence-electron chi connectivity index (χ3n) is 2.96. The lowest BCUT2D eigenvalue weighted by atomic mass is 10.1. The molecule has 0 atom stereocenters. The summed E-state index contributed by atoms with van der Waals surface area (Å²) in [4.78, 5) is 36.3. The van der Waals surface area contributed by atoms with Gasteiger partial charge in [-0.2, -0.15) is 0 Å². The molecule has 0 saturated carbocycles. The van der Waals surface area contributed by atoms with Crippen LogP contribution in [0.3, 0.4) is 0 Å². The number of amides is 2. The van der Waals surface area contributed by atoms with E-state index in [1.54, 1.807) is 31.2 Å². The van der Waals surface area contributed by atoms with Gasteiger partial charge in [-0.1, -0.05) is 12.1 Å². The number of carbonyl (C=O) groups is 3. The maximum atomic E-state index is 12.0. The molecule has 1 aliphatic heterocycles. The van der Waals surface area contributed by atoms with Crippen LogP contribution < -0.4 is 5.32 Å². The van der Waals surface area contributed by atoms with E-state index in [-0.39, 0.29) is 30.9 Å². The van der Waals surface area contributed by atoms with Crippen molar-refractivity contribution in [1.29, 1.82) is 0 Å². The molecule has 1 N–H and O–H groups in total. The number of esters is 1. The number of hydrogen-bond acceptors (Lipinski definition) is 5. The molecule has 2 rings (SSSR count). The predicted octanol–water partition coefficient (Wildman–Crippen LogP) is 0.783. The largest absolute Gasteiger partial charge is 0.466 e. The molecule has 0 saturated heterocycles. The highest BCUT2D eigenvalue weighted by molar-refractivity contribution is 6.21. The van der Waals surface area contributed by atoms with Gasteiger partial charge < -0.3 is 4.74 Å². The molecule has 1 aromatic carbocycles. The van der Waals surface area contributed by atoms with Gasteiger partial charge in [0.15, 0.2) is 0 Å². The van der Waals surface area contributed by atoms with Gasteiger partial charge in [-0.3, -0.25) is 24.6 Å². The summed E-state index contributed by atoms with van der Waals surface area (Å²) in [7, 11) is 0. The molecule has 1 aromatic rings. The SMILES string of the molecule is CCOC(=O)CCNCN1C(=O)c2ccccc2C1=O. The number of ether oxygens (including phenoxy) is 1. The van der Waals surface area contributed by atoms with Crippen molar-refractivity contribution in [1.82, 2.24) is 10.2 Å². The normalized spacial score (nSPS) is 13.6. The fraction of sp³-hybridized carbons (Fsp3) is 0.357.